The van der Waals surface area contributed by atoms with Crippen molar-refractivity contribution in [3.05, 3.63) is 107 Å². The zero-order chi connectivity index (χ0) is 29.7. The number of amides is 1. The number of nitrogens with one attached hydrogen (secondary N) is 1. The third-order valence-electron chi connectivity index (χ3n) is 7.12. The van der Waals surface area contributed by atoms with Gasteiger partial charge in [0.1, 0.15) is 11.6 Å². The number of piperazine rings is 1. The molecule has 0 aliphatic carbocycles. The number of nitrogens with zero attached hydrogens (tertiary/aromatic N) is 4. The predicted octanol–water partition coefficient (Wildman–Crippen LogP) is 6.40. The fourth-order valence-corrected chi connectivity index (χ4v) is 4.88. The predicted molar refractivity (Wildman–Crippen MR) is 154 cm³/mol. The number of carbonyl (C=O) groups is 1. The topological polar surface area (TPSA) is 81.5 Å². The summed E-state index contributed by atoms with van der Waals surface area (Å²) in [6, 6.07) is 24.7. The fraction of sp³-hybridized carbons (Fsp3) is 0.219. The molecule has 3 aromatic carbocycles. The summed E-state index contributed by atoms with van der Waals surface area (Å²) in [5.41, 5.74) is 4.97. The monoisotopic (exact) mass is 571 g/mol. The third-order valence-corrected chi connectivity index (χ3v) is 7.12. The second-order valence-corrected chi connectivity index (χ2v) is 10.00. The number of rotatable bonds is 7. The molecular weight excluding hydrogens is 543 g/mol. The van der Waals surface area contributed by atoms with Gasteiger partial charge in [0, 0.05) is 43.9 Å². The van der Waals surface area contributed by atoms with Gasteiger partial charge in [-0.25, -0.2) is 4.98 Å². The molecule has 1 saturated heterocycles. The van der Waals surface area contributed by atoms with E-state index in [2.05, 4.69) is 30.9 Å². The maximum atomic E-state index is 13.0. The Hall–Kier alpha value is -4.88. The molecule has 1 N–H and O–H groups in total. The van der Waals surface area contributed by atoms with Crippen LogP contribution < -0.4 is 15.0 Å². The first-order valence-electron chi connectivity index (χ1n) is 13.4. The number of aryl methyl sites for hydroxylation is 1. The Kier molecular flexibility index (Phi) is 8.41. The number of alkyl halides is 3. The maximum Gasteiger partial charge on any atom is 0.573 e. The Bertz CT molecular complexity index is 1590. The van der Waals surface area contributed by atoms with Gasteiger partial charge in [-0.3, -0.25) is 9.69 Å². The number of hydrogen-bond donors (Lipinski definition) is 1. The molecule has 4 aromatic rings. The maximum absolute atomic E-state index is 13.0. The van der Waals surface area contributed by atoms with E-state index in [1.807, 2.05) is 37.3 Å². The van der Waals surface area contributed by atoms with Gasteiger partial charge in [0.25, 0.3) is 5.91 Å². The zero-order valence-electron chi connectivity index (χ0n) is 22.9. The average Bonchev–Trinajstić information content (AvgIpc) is 2.98. The molecule has 0 radical (unpaired) electrons. The van der Waals surface area contributed by atoms with Gasteiger partial charge < -0.3 is 15.0 Å². The molecule has 2 heterocycles. The van der Waals surface area contributed by atoms with Crippen molar-refractivity contribution < 1.29 is 22.7 Å². The number of nitriles is 1. The van der Waals surface area contributed by atoms with Crippen molar-refractivity contribution >= 4 is 17.4 Å². The van der Waals surface area contributed by atoms with Crippen LogP contribution in [-0.2, 0) is 6.54 Å². The number of hydrogen-bond acceptors (Lipinski definition) is 6. The highest BCUT2D eigenvalue weighted by atomic mass is 19.4. The van der Waals surface area contributed by atoms with E-state index in [-0.39, 0.29) is 11.7 Å². The van der Waals surface area contributed by atoms with E-state index >= 15 is 0 Å². The highest BCUT2D eigenvalue weighted by Gasteiger charge is 2.32. The van der Waals surface area contributed by atoms with Crippen LogP contribution >= 0.6 is 0 Å². The Morgan fingerprint density at radius 2 is 1.74 bits per heavy atom. The SMILES string of the molecule is Cc1ccc(C(=O)Nc2ccc(N3CCN(Cc4ccccc4OC(F)(F)F)CC3)nc2)cc1-c1ccc(C#N)cc1. The largest absolute Gasteiger partial charge is 0.573 e. The van der Waals surface area contributed by atoms with Gasteiger partial charge in [-0.15, -0.1) is 13.2 Å². The first-order valence-corrected chi connectivity index (χ1v) is 13.4. The number of ether oxygens (including phenoxy) is 1. The number of aromatic nitrogens is 1. The molecule has 7 nitrogen and oxygen atoms in total. The summed E-state index contributed by atoms with van der Waals surface area (Å²) in [4.78, 5) is 21.7. The molecule has 0 bridgehead atoms. The molecule has 10 heteroatoms. The summed E-state index contributed by atoms with van der Waals surface area (Å²) >= 11 is 0. The number of benzene rings is 3. The van der Waals surface area contributed by atoms with Crippen molar-refractivity contribution in [1.29, 1.82) is 5.26 Å². The van der Waals surface area contributed by atoms with Crippen LogP contribution in [0.25, 0.3) is 11.1 Å². The van der Waals surface area contributed by atoms with Crippen molar-refractivity contribution in [3.8, 4) is 22.9 Å². The highest BCUT2D eigenvalue weighted by Crippen LogP contribution is 2.28. The molecule has 1 fully saturated rings. The number of halogens is 3. The second-order valence-electron chi connectivity index (χ2n) is 10.00. The molecule has 1 amide bonds. The lowest BCUT2D eigenvalue weighted by Gasteiger charge is -2.35. The molecule has 0 atom stereocenters. The molecule has 214 valence electrons. The van der Waals surface area contributed by atoms with Gasteiger partial charge in [0.15, 0.2) is 0 Å². The normalized spacial score (nSPS) is 13.8. The van der Waals surface area contributed by atoms with Crippen LogP contribution in [0.5, 0.6) is 5.75 Å². The molecule has 1 aromatic heterocycles. The summed E-state index contributed by atoms with van der Waals surface area (Å²) in [6.07, 6.45) is -3.12. The first kappa shape index (κ1) is 28.6. The van der Waals surface area contributed by atoms with Gasteiger partial charge >= 0.3 is 6.36 Å². The lowest BCUT2D eigenvalue weighted by Crippen LogP contribution is -2.46. The van der Waals surface area contributed by atoms with Gasteiger partial charge in [-0.1, -0.05) is 36.4 Å². The average molecular weight is 572 g/mol. The van der Waals surface area contributed by atoms with Crippen molar-refractivity contribution in [3.63, 3.8) is 0 Å². The summed E-state index contributed by atoms with van der Waals surface area (Å²) in [5, 5.41) is 12.0. The molecule has 0 spiro atoms. The highest BCUT2D eigenvalue weighted by molar-refractivity contribution is 6.05. The van der Waals surface area contributed by atoms with Crippen LogP contribution in [-0.4, -0.2) is 48.3 Å². The van der Waals surface area contributed by atoms with Crippen LogP contribution in [0.15, 0.2) is 85.1 Å². The number of carbonyl (C=O) groups excluding carboxylic acids is 1. The van der Waals surface area contributed by atoms with Crippen molar-refractivity contribution in [2.45, 2.75) is 19.8 Å². The van der Waals surface area contributed by atoms with Crippen LogP contribution in [0.2, 0.25) is 0 Å². The Balaban J connectivity index is 1.17. The van der Waals surface area contributed by atoms with Crippen molar-refractivity contribution in [2.75, 3.05) is 36.4 Å². The number of pyridine rings is 1. The van der Waals surface area contributed by atoms with Gasteiger partial charge in [-0.05, 0) is 66.1 Å². The molecule has 1 aliphatic heterocycles. The van der Waals surface area contributed by atoms with E-state index < -0.39 is 6.36 Å². The van der Waals surface area contributed by atoms with Crippen LogP contribution in [0.1, 0.15) is 27.0 Å². The Morgan fingerprint density at radius 1 is 1.00 bits per heavy atom. The molecule has 1 aliphatic rings. The van der Waals surface area contributed by atoms with Gasteiger partial charge in [0.05, 0.1) is 23.5 Å². The molecule has 42 heavy (non-hydrogen) atoms. The summed E-state index contributed by atoms with van der Waals surface area (Å²) < 4.78 is 42.5. The smallest absolute Gasteiger partial charge is 0.405 e. The minimum absolute atomic E-state index is 0.178. The van der Waals surface area contributed by atoms with Crippen LogP contribution in [0.3, 0.4) is 0 Å². The Labute approximate surface area is 241 Å². The Morgan fingerprint density at radius 3 is 2.40 bits per heavy atom. The molecular formula is C32H28F3N5O2. The quantitative estimate of drug-likeness (QED) is 0.277. The van der Waals surface area contributed by atoms with Crippen molar-refractivity contribution in [2.24, 2.45) is 0 Å². The van der Waals surface area contributed by atoms with Crippen LogP contribution in [0.4, 0.5) is 24.7 Å². The van der Waals surface area contributed by atoms with E-state index in [9.17, 15) is 18.0 Å². The van der Waals surface area contributed by atoms with E-state index in [0.29, 0.717) is 55.1 Å². The van der Waals surface area contributed by atoms with Crippen LogP contribution in [0, 0.1) is 18.3 Å². The van der Waals surface area contributed by atoms with E-state index in [1.165, 1.54) is 12.1 Å². The second kappa shape index (κ2) is 12.3. The zero-order valence-corrected chi connectivity index (χ0v) is 22.9. The lowest BCUT2D eigenvalue weighted by atomic mass is 9.97. The third kappa shape index (κ3) is 7.06. The minimum atomic E-state index is -4.73. The first-order chi connectivity index (χ1) is 20.2. The van der Waals surface area contributed by atoms with E-state index in [4.69, 9.17) is 5.26 Å². The number of anilines is 2. The van der Waals surface area contributed by atoms with Gasteiger partial charge in [-0.2, -0.15) is 5.26 Å². The molecule has 0 unspecified atom stereocenters. The van der Waals surface area contributed by atoms with Gasteiger partial charge in [0.2, 0.25) is 0 Å². The summed E-state index contributed by atoms with van der Waals surface area (Å²) in [5.74, 6) is 0.317. The molecule has 0 saturated carbocycles. The standard InChI is InChI=1S/C32H28F3N5O2/c1-22-6-9-25(18-28(22)24-10-7-23(19-36)8-11-24)31(41)38-27-12-13-30(37-20-27)40-16-14-39(15-17-40)21-26-4-2-3-5-29(26)42-32(33,34)35/h2-13,18,20H,14-17,21H2,1H3,(H,38,41). The van der Waals surface area contributed by atoms with E-state index in [1.54, 1.807) is 42.6 Å². The van der Waals surface area contributed by atoms with E-state index in [0.717, 1.165) is 22.5 Å². The van der Waals surface area contributed by atoms with Crippen molar-refractivity contribution in [1.82, 2.24) is 9.88 Å². The minimum Gasteiger partial charge on any atom is -0.405 e. The summed E-state index contributed by atoms with van der Waals surface area (Å²) in [7, 11) is 0. The summed E-state index contributed by atoms with van der Waals surface area (Å²) in [6.45, 7) is 4.93. The number of para-hydroxylation sites is 1. The molecule has 5 rings (SSSR count). The lowest BCUT2D eigenvalue weighted by molar-refractivity contribution is -0.275. The fourth-order valence-electron chi connectivity index (χ4n) is 4.88.